The number of amides is 1. The van der Waals surface area contributed by atoms with E-state index in [9.17, 15) is 13.2 Å². The summed E-state index contributed by atoms with van der Waals surface area (Å²) in [6.45, 7) is 5.22. The predicted molar refractivity (Wildman–Crippen MR) is 158 cm³/mol. The Balaban J connectivity index is 1.42. The molecule has 1 aromatic heterocycles. The highest BCUT2D eigenvalue weighted by molar-refractivity contribution is 7.89. The molecule has 2 N–H and O–H groups in total. The van der Waals surface area contributed by atoms with Gasteiger partial charge in [0, 0.05) is 41.6 Å². The van der Waals surface area contributed by atoms with Crippen molar-refractivity contribution >= 4 is 38.2 Å². The van der Waals surface area contributed by atoms with E-state index in [1.54, 1.807) is 12.1 Å². The lowest BCUT2D eigenvalue weighted by Gasteiger charge is -2.29. The highest BCUT2D eigenvalue weighted by Crippen LogP contribution is 2.24. The van der Waals surface area contributed by atoms with Crippen molar-refractivity contribution in [2.75, 3.05) is 36.5 Å². The first kappa shape index (κ1) is 27.5. The second kappa shape index (κ2) is 12.0. The summed E-state index contributed by atoms with van der Waals surface area (Å²) in [5, 5.41) is 3.82. The summed E-state index contributed by atoms with van der Waals surface area (Å²) in [5.74, 6) is 2.20. The lowest BCUT2D eigenvalue weighted by atomic mass is 10.0. The second-order valence-corrected chi connectivity index (χ2v) is 11.5. The van der Waals surface area contributed by atoms with E-state index >= 15 is 0 Å². The fourth-order valence-corrected chi connectivity index (χ4v) is 6.10. The van der Waals surface area contributed by atoms with Gasteiger partial charge in [-0.05, 0) is 61.4 Å². The number of nitrogens with one attached hydrogen (secondary N) is 2. The number of terminal acetylenes is 1. The van der Waals surface area contributed by atoms with Gasteiger partial charge in [0.2, 0.25) is 15.9 Å². The van der Waals surface area contributed by atoms with Gasteiger partial charge >= 0.3 is 0 Å². The number of anilines is 2. The van der Waals surface area contributed by atoms with Gasteiger partial charge in [-0.25, -0.2) is 8.42 Å². The molecule has 206 valence electrons. The van der Waals surface area contributed by atoms with E-state index in [4.69, 9.17) is 11.2 Å². The number of sulfonamides is 1. The van der Waals surface area contributed by atoms with Crippen molar-refractivity contribution < 1.29 is 17.9 Å². The number of rotatable bonds is 9. The predicted octanol–water partition coefficient (Wildman–Crippen LogP) is 3.95. The summed E-state index contributed by atoms with van der Waals surface area (Å²) >= 11 is 0. The van der Waals surface area contributed by atoms with Crippen LogP contribution in [0.3, 0.4) is 0 Å². The summed E-state index contributed by atoms with van der Waals surface area (Å²) in [5.41, 5.74) is 4.31. The maximum absolute atomic E-state index is 13.6. The Labute approximate surface area is 235 Å². The lowest BCUT2D eigenvalue weighted by molar-refractivity contribution is -0.117. The van der Waals surface area contributed by atoms with Crippen molar-refractivity contribution in [2.45, 2.75) is 30.8 Å². The van der Waals surface area contributed by atoms with Gasteiger partial charge in [-0.3, -0.25) is 4.79 Å². The van der Waals surface area contributed by atoms with E-state index in [-0.39, 0.29) is 11.3 Å². The summed E-state index contributed by atoms with van der Waals surface area (Å²) < 4.78 is 36.7. The number of carbonyl (C=O) groups is 1. The maximum atomic E-state index is 13.6. The number of nitrogens with zero attached hydrogens (tertiary/aromatic N) is 2. The number of aryl methyl sites for hydroxylation is 1. The average molecular weight is 557 g/mol. The monoisotopic (exact) mass is 556 g/mol. The van der Waals surface area contributed by atoms with Crippen molar-refractivity contribution in [3.8, 4) is 12.3 Å². The molecule has 1 aliphatic heterocycles. The van der Waals surface area contributed by atoms with Crippen molar-refractivity contribution in [3.63, 3.8) is 0 Å². The Morgan fingerprint density at radius 2 is 1.73 bits per heavy atom. The van der Waals surface area contributed by atoms with Gasteiger partial charge in [0.25, 0.3) is 0 Å². The zero-order chi connectivity index (χ0) is 28.1. The summed E-state index contributed by atoms with van der Waals surface area (Å²) in [6.07, 6.45) is 7.61. The Bertz CT molecular complexity index is 1630. The number of carbonyl (C=O) groups excluding carboxylic acids is 1. The summed E-state index contributed by atoms with van der Waals surface area (Å²) in [6, 6.07) is 20.7. The third-order valence-corrected chi connectivity index (χ3v) is 8.50. The fourth-order valence-electron chi connectivity index (χ4n) is 4.90. The van der Waals surface area contributed by atoms with Crippen molar-refractivity contribution in [1.29, 1.82) is 0 Å². The third kappa shape index (κ3) is 6.20. The second-order valence-electron chi connectivity index (χ2n) is 9.83. The molecule has 2 heterocycles. The fraction of sp³-hybridized carbons (Fsp3) is 0.258. The van der Waals surface area contributed by atoms with Gasteiger partial charge < -0.3 is 19.5 Å². The molecule has 9 heteroatoms. The molecule has 4 aromatic rings. The molecule has 1 atom stereocenters. The molecule has 3 aromatic carbocycles. The van der Waals surface area contributed by atoms with E-state index in [0.717, 1.165) is 40.8 Å². The quantitative estimate of drug-likeness (QED) is 0.305. The number of hydrogen-bond acceptors (Lipinski definition) is 5. The Kier molecular flexibility index (Phi) is 8.21. The van der Waals surface area contributed by atoms with E-state index in [2.05, 4.69) is 20.9 Å². The molecule has 0 aliphatic carbocycles. The Morgan fingerprint density at radius 1 is 1.02 bits per heavy atom. The van der Waals surface area contributed by atoms with Crippen LogP contribution in [0.4, 0.5) is 11.4 Å². The number of hydrogen-bond donors (Lipinski definition) is 2. The number of ether oxygens (including phenoxy) is 1. The van der Waals surface area contributed by atoms with Gasteiger partial charge in [-0.15, -0.1) is 6.42 Å². The molecule has 1 fully saturated rings. The zero-order valence-corrected chi connectivity index (χ0v) is 23.2. The molecule has 1 amide bonds. The zero-order valence-electron chi connectivity index (χ0n) is 22.3. The number of para-hydroxylation sites is 1. The third-order valence-electron chi connectivity index (χ3n) is 7.01. The normalized spacial score (nSPS) is 14.6. The smallest absolute Gasteiger partial charge is 0.242 e. The number of fused-ring (bicyclic) bond motifs is 1. The van der Waals surface area contributed by atoms with E-state index in [1.165, 1.54) is 12.1 Å². The SMILES string of the molecule is C#CCn1cc(C[C@H](NS(=O)(=O)c2ccc(C)cc2)C(=O)Nc2ccc(N3CCOCC3)cc2)c2ccccc21. The molecule has 5 rings (SSSR count). The van der Waals surface area contributed by atoms with Gasteiger partial charge in [-0.1, -0.05) is 41.8 Å². The topological polar surface area (TPSA) is 92.7 Å². The average Bonchev–Trinajstić information content (AvgIpc) is 3.31. The van der Waals surface area contributed by atoms with E-state index < -0.39 is 22.0 Å². The van der Waals surface area contributed by atoms with Gasteiger partial charge in [-0.2, -0.15) is 4.72 Å². The Morgan fingerprint density at radius 3 is 2.42 bits per heavy atom. The molecule has 1 aliphatic rings. The molecular formula is C31H32N4O4S. The number of morpholine rings is 1. The van der Waals surface area contributed by atoms with Crippen LogP contribution >= 0.6 is 0 Å². The minimum Gasteiger partial charge on any atom is -0.378 e. The van der Waals surface area contributed by atoms with Crippen molar-refractivity contribution in [2.24, 2.45) is 0 Å². The molecule has 0 radical (unpaired) electrons. The first-order chi connectivity index (χ1) is 19.3. The Hall–Kier alpha value is -4.10. The van der Waals surface area contributed by atoms with Crippen LogP contribution in [0.5, 0.6) is 0 Å². The highest BCUT2D eigenvalue weighted by Gasteiger charge is 2.27. The standard InChI is InChI=1S/C31H32N4O4S/c1-3-16-35-22-24(28-6-4-5-7-30(28)35)21-29(33-40(37,38)27-14-8-23(2)9-15-27)31(36)32-25-10-12-26(13-11-25)34-17-19-39-20-18-34/h1,4-15,22,29,33H,16-21H2,2H3,(H,32,36)/t29-/m0/s1. The van der Waals surface area contributed by atoms with Crippen LogP contribution in [0.1, 0.15) is 11.1 Å². The molecular weight excluding hydrogens is 524 g/mol. The number of benzene rings is 3. The molecule has 0 unspecified atom stereocenters. The largest absolute Gasteiger partial charge is 0.378 e. The number of aromatic nitrogens is 1. The van der Waals surface area contributed by atoms with Gasteiger partial charge in [0.15, 0.2) is 0 Å². The van der Waals surface area contributed by atoms with E-state index in [0.29, 0.717) is 25.4 Å². The molecule has 0 spiro atoms. The van der Waals surface area contributed by atoms with Gasteiger partial charge in [0.05, 0.1) is 24.7 Å². The summed E-state index contributed by atoms with van der Waals surface area (Å²) in [4.78, 5) is 16.0. The maximum Gasteiger partial charge on any atom is 0.242 e. The van der Waals surface area contributed by atoms with Crippen LogP contribution in [-0.2, 0) is 32.5 Å². The van der Waals surface area contributed by atoms with Crippen LogP contribution in [0.15, 0.2) is 83.9 Å². The molecule has 8 nitrogen and oxygen atoms in total. The molecule has 1 saturated heterocycles. The van der Waals surface area contributed by atoms with Crippen LogP contribution in [0.25, 0.3) is 10.9 Å². The molecule has 0 bridgehead atoms. The van der Waals surface area contributed by atoms with Crippen LogP contribution in [-0.4, -0.2) is 51.2 Å². The van der Waals surface area contributed by atoms with Crippen LogP contribution < -0.4 is 14.9 Å². The van der Waals surface area contributed by atoms with Crippen LogP contribution in [0, 0.1) is 19.3 Å². The highest BCUT2D eigenvalue weighted by atomic mass is 32.2. The minimum atomic E-state index is -3.98. The molecule has 0 saturated carbocycles. The minimum absolute atomic E-state index is 0.0977. The van der Waals surface area contributed by atoms with E-state index in [1.807, 2.05) is 66.2 Å². The van der Waals surface area contributed by atoms with Crippen molar-refractivity contribution in [3.05, 3.63) is 90.1 Å². The first-order valence-electron chi connectivity index (χ1n) is 13.2. The first-order valence-corrected chi connectivity index (χ1v) is 14.7. The summed E-state index contributed by atoms with van der Waals surface area (Å²) in [7, 11) is -3.98. The van der Waals surface area contributed by atoms with Gasteiger partial charge in [0.1, 0.15) is 6.04 Å². The molecule has 40 heavy (non-hydrogen) atoms. The van der Waals surface area contributed by atoms with Crippen molar-refractivity contribution in [1.82, 2.24) is 9.29 Å². The van der Waals surface area contributed by atoms with Crippen LogP contribution in [0.2, 0.25) is 0 Å². The lowest BCUT2D eigenvalue weighted by Crippen LogP contribution is -2.45.